The van der Waals surface area contributed by atoms with Gasteiger partial charge >= 0.3 is 136 Å². The van der Waals surface area contributed by atoms with Crippen LogP contribution in [0.1, 0.15) is 0 Å². The van der Waals surface area contributed by atoms with Crippen molar-refractivity contribution < 1.29 is 29.7 Å². The first-order chi connectivity index (χ1) is 9.35. The SMILES string of the molecule is CSc1ccccc1[O][Zr][O]c1ccccc1SC. The topological polar surface area (TPSA) is 18.5 Å². The van der Waals surface area contributed by atoms with Gasteiger partial charge in [-0.05, 0) is 0 Å². The molecule has 0 saturated heterocycles. The molecule has 0 spiro atoms. The molecule has 19 heavy (non-hydrogen) atoms. The summed E-state index contributed by atoms with van der Waals surface area (Å²) in [7, 11) is 0. The van der Waals surface area contributed by atoms with Crippen LogP contribution in [-0.2, 0) is 24.1 Å². The fourth-order valence-corrected chi connectivity index (χ4v) is 4.35. The number of hydrogen-bond acceptors (Lipinski definition) is 4. The number of hydrogen-bond donors (Lipinski definition) is 0. The van der Waals surface area contributed by atoms with Crippen molar-refractivity contribution in [2.45, 2.75) is 9.79 Å². The van der Waals surface area contributed by atoms with E-state index >= 15 is 0 Å². The Kier molecular flexibility index (Phi) is 6.35. The van der Waals surface area contributed by atoms with E-state index in [1.807, 2.05) is 36.4 Å². The molecule has 0 amide bonds. The van der Waals surface area contributed by atoms with Crippen LogP contribution in [0, 0.1) is 0 Å². The summed E-state index contributed by atoms with van der Waals surface area (Å²) < 4.78 is 11.7. The zero-order valence-electron chi connectivity index (χ0n) is 10.8. The zero-order chi connectivity index (χ0) is 13.5. The van der Waals surface area contributed by atoms with Gasteiger partial charge in [0.05, 0.1) is 0 Å². The fraction of sp³-hybridized carbons (Fsp3) is 0.143. The molecule has 0 radical (unpaired) electrons. The van der Waals surface area contributed by atoms with Crippen LogP contribution >= 0.6 is 23.5 Å². The predicted molar refractivity (Wildman–Crippen MR) is 77.7 cm³/mol. The Morgan fingerprint density at radius 1 is 0.737 bits per heavy atom. The fourth-order valence-electron chi connectivity index (χ4n) is 1.52. The molecule has 0 heterocycles. The third-order valence-corrected chi connectivity index (χ3v) is 5.49. The zero-order valence-corrected chi connectivity index (χ0v) is 14.8. The minimum atomic E-state index is -1.36. The summed E-state index contributed by atoms with van der Waals surface area (Å²) >= 11 is 2.02. The van der Waals surface area contributed by atoms with Crippen molar-refractivity contribution in [3.8, 4) is 11.5 Å². The molecule has 0 saturated carbocycles. The summed E-state index contributed by atoms with van der Waals surface area (Å²) in [6.07, 6.45) is 4.11. The molecule has 0 aliphatic rings. The second kappa shape index (κ2) is 8.03. The van der Waals surface area contributed by atoms with Crippen LogP contribution in [0.3, 0.4) is 0 Å². The molecule has 0 unspecified atom stereocenters. The van der Waals surface area contributed by atoms with Crippen LogP contribution in [0.15, 0.2) is 58.3 Å². The molecular formula is C14H14O2S2Zr. The maximum absolute atomic E-state index is 5.85. The first-order valence-corrected chi connectivity index (χ1v) is 10.2. The standard InChI is InChI=1S/2C7H8OS.Zr/c2*1-9-7-5-3-2-4-6(7)8;/h2*2-5,8H,1H3;/q;;+2/p-2. The van der Waals surface area contributed by atoms with Gasteiger partial charge in [0.25, 0.3) is 0 Å². The van der Waals surface area contributed by atoms with E-state index in [2.05, 4.69) is 24.6 Å². The first-order valence-electron chi connectivity index (χ1n) is 5.70. The van der Waals surface area contributed by atoms with Gasteiger partial charge in [0.2, 0.25) is 0 Å². The van der Waals surface area contributed by atoms with Crippen molar-refractivity contribution in [1.29, 1.82) is 0 Å². The van der Waals surface area contributed by atoms with Crippen molar-refractivity contribution >= 4 is 23.5 Å². The summed E-state index contributed by atoms with van der Waals surface area (Å²) in [4.78, 5) is 2.32. The third-order valence-electron chi connectivity index (χ3n) is 2.44. The number of benzene rings is 2. The van der Waals surface area contributed by atoms with Gasteiger partial charge in [-0.1, -0.05) is 0 Å². The van der Waals surface area contributed by atoms with E-state index in [0.29, 0.717) is 0 Å². The Hall–Kier alpha value is -0.377. The number of para-hydroxylation sites is 2. The van der Waals surface area contributed by atoms with E-state index in [9.17, 15) is 0 Å². The van der Waals surface area contributed by atoms with Gasteiger partial charge in [0.1, 0.15) is 0 Å². The van der Waals surface area contributed by atoms with Gasteiger partial charge in [-0.3, -0.25) is 0 Å². The number of rotatable bonds is 6. The maximum atomic E-state index is 5.85. The van der Waals surface area contributed by atoms with Gasteiger partial charge in [0, 0.05) is 0 Å². The Morgan fingerprint density at radius 3 is 1.58 bits per heavy atom. The summed E-state index contributed by atoms with van der Waals surface area (Å²) in [5.41, 5.74) is 0. The van der Waals surface area contributed by atoms with Crippen LogP contribution in [0.25, 0.3) is 0 Å². The summed E-state index contributed by atoms with van der Waals surface area (Å²) in [6.45, 7) is 0. The molecular weight excluding hydrogens is 356 g/mol. The quantitative estimate of drug-likeness (QED) is 0.698. The molecule has 2 aromatic rings. The molecule has 2 aromatic carbocycles. The van der Waals surface area contributed by atoms with Crippen LogP contribution in [0.4, 0.5) is 0 Å². The first kappa shape index (κ1) is 15.0. The number of thioether (sulfide) groups is 2. The van der Waals surface area contributed by atoms with E-state index in [-0.39, 0.29) is 0 Å². The Labute approximate surface area is 135 Å². The third kappa shape index (κ3) is 4.30. The molecule has 5 heteroatoms. The van der Waals surface area contributed by atoms with Crippen molar-refractivity contribution in [2.75, 3.05) is 12.5 Å². The van der Waals surface area contributed by atoms with Crippen molar-refractivity contribution in [3.63, 3.8) is 0 Å². The molecule has 0 aliphatic carbocycles. The molecule has 0 N–H and O–H groups in total. The summed E-state index contributed by atoms with van der Waals surface area (Å²) in [5, 5.41) is 0. The Morgan fingerprint density at radius 2 is 1.16 bits per heavy atom. The van der Waals surface area contributed by atoms with E-state index < -0.39 is 24.1 Å². The predicted octanol–water partition coefficient (Wildman–Crippen LogP) is 4.50. The second-order valence-corrected chi connectivity index (χ2v) is 6.70. The normalized spacial score (nSPS) is 10.0. The van der Waals surface area contributed by atoms with E-state index in [0.717, 1.165) is 21.3 Å². The molecule has 0 aliphatic heterocycles. The van der Waals surface area contributed by atoms with Gasteiger partial charge in [-0.15, -0.1) is 0 Å². The van der Waals surface area contributed by atoms with Crippen molar-refractivity contribution in [3.05, 3.63) is 48.5 Å². The minimum absolute atomic E-state index is 0.934. The molecule has 0 bridgehead atoms. The summed E-state index contributed by atoms with van der Waals surface area (Å²) in [5.74, 6) is 1.87. The molecule has 0 atom stereocenters. The van der Waals surface area contributed by atoms with E-state index in [1.54, 1.807) is 23.5 Å². The molecule has 0 aromatic heterocycles. The van der Waals surface area contributed by atoms with Gasteiger partial charge in [-0.2, -0.15) is 0 Å². The molecule has 98 valence electrons. The average molecular weight is 370 g/mol. The average Bonchev–Trinajstić information content (AvgIpc) is 2.48. The molecule has 2 nitrogen and oxygen atoms in total. The Balaban J connectivity index is 1.96. The van der Waals surface area contributed by atoms with Crippen LogP contribution < -0.4 is 5.63 Å². The molecule has 2 rings (SSSR count). The van der Waals surface area contributed by atoms with Crippen molar-refractivity contribution in [2.24, 2.45) is 0 Å². The van der Waals surface area contributed by atoms with Gasteiger partial charge < -0.3 is 0 Å². The van der Waals surface area contributed by atoms with Crippen molar-refractivity contribution in [1.82, 2.24) is 0 Å². The second-order valence-electron chi connectivity index (χ2n) is 3.59. The Bertz CT molecular complexity index is 487. The van der Waals surface area contributed by atoms with Gasteiger partial charge in [0.15, 0.2) is 0 Å². The van der Waals surface area contributed by atoms with Crippen LogP contribution in [0.2, 0.25) is 0 Å². The molecule has 0 fully saturated rings. The van der Waals surface area contributed by atoms with E-state index in [4.69, 9.17) is 5.63 Å². The van der Waals surface area contributed by atoms with Crippen LogP contribution in [0.5, 0.6) is 11.5 Å². The monoisotopic (exact) mass is 368 g/mol. The van der Waals surface area contributed by atoms with Gasteiger partial charge in [-0.25, -0.2) is 0 Å². The van der Waals surface area contributed by atoms with E-state index in [1.165, 1.54) is 0 Å². The summed E-state index contributed by atoms with van der Waals surface area (Å²) in [6, 6.07) is 16.1. The van der Waals surface area contributed by atoms with Crippen LogP contribution in [-0.4, -0.2) is 12.5 Å².